The van der Waals surface area contributed by atoms with Crippen LogP contribution in [0.2, 0.25) is 0 Å². The van der Waals surface area contributed by atoms with Crippen LogP contribution in [0.5, 0.6) is 17.4 Å². The molecule has 2 aliphatic rings. The molecule has 2 aliphatic heterocycles. The van der Waals surface area contributed by atoms with Gasteiger partial charge in [0, 0.05) is 31.7 Å². The number of aliphatic hydroxyl groups is 1. The van der Waals surface area contributed by atoms with Gasteiger partial charge < -0.3 is 24.2 Å². The molecule has 8 nitrogen and oxygen atoms in total. The minimum absolute atomic E-state index is 0.00903. The highest BCUT2D eigenvalue weighted by atomic mass is 16.7. The first-order chi connectivity index (χ1) is 18.9. The number of benzene rings is 2. The van der Waals surface area contributed by atoms with E-state index in [1.807, 2.05) is 80.7 Å². The molecule has 1 aromatic heterocycles. The zero-order chi connectivity index (χ0) is 27.4. The van der Waals surface area contributed by atoms with Gasteiger partial charge in [0.05, 0.1) is 12.6 Å². The highest BCUT2D eigenvalue weighted by Crippen LogP contribution is 2.33. The van der Waals surface area contributed by atoms with Gasteiger partial charge in [0.15, 0.2) is 11.5 Å². The molecule has 3 aromatic rings. The average molecular weight is 530 g/mol. The number of rotatable bonds is 8. The second kappa shape index (κ2) is 11.9. The fraction of sp³-hybridized carbons (Fsp3) is 0.355. The van der Waals surface area contributed by atoms with E-state index in [1.165, 1.54) is 0 Å². The lowest BCUT2D eigenvalue weighted by Crippen LogP contribution is -2.49. The van der Waals surface area contributed by atoms with Gasteiger partial charge in [-0.25, -0.2) is 4.98 Å². The fourth-order valence-corrected chi connectivity index (χ4v) is 4.91. The van der Waals surface area contributed by atoms with Gasteiger partial charge in [-0.2, -0.15) is 0 Å². The van der Waals surface area contributed by atoms with E-state index < -0.39 is 0 Å². The number of ether oxygens (including phenoxy) is 3. The summed E-state index contributed by atoms with van der Waals surface area (Å²) in [4.78, 5) is 22.2. The zero-order valence-electron chi connectivity index (χ0n) is 22.6. The smallest absolute Gasteiger partial charge is 0.259 e. The summed E-state index contributed by atoms with van der Waals surface area (Å²) in [6.07, 6.45) is 5.43. The molecule has 0 aliphatic carbocycles. The highest BCUT2D eigenvalue weighted by molar-refractivity contribution is 5.97. The van der Waals surface area contributed by atoms with Crippen molar-refractivity contribution in [2.24, 2.45) is 5.92 Å². The third kappa shape index (κ3) is 6.24. The van der Waals surface area contributed by atoms with Gasteiger partial charge in [0.25, 0.3) is 5.91 Å². The maximum absolute atomic E-state index is 13.7. The van der Waals surface area contributed by atoms with Crippen molar-refractivity contribution in [3.8, 4) is 17.4 Å². The van der Waals surface area contributed by atoms with Crippen LogP contribution in [0.3, 0.4) is 0 Å². The van der Waals surface area contributed by atoms with Crippen LogP contribution in [0, 0.1) is 5.92 Å². The van der Waals surface area contributed by atoms with E-state index in [0.717, 1.165) is 28.2 Å². The Bertz CT molecular complexity index is 1330. The minimum atomic E-state index is -0.332. The van der Waals surface area contributed by atoms with E-state index in [2.05, 4.69) is 16.8 Å². The predicted octanol–water partition coefficient (Wildman–Crippen LogP) is 4.33. The summed E-state index contributed by atoms with van der Waals surface area (Å²) in [5, 5.41) is 9.93. The zero-order valence-corrected chi connectivity index (χ0v) is 22.6. The Balaban J connectivity index is 1.38. The molecule has 3 heterocycles. The number of aliphatic hydroxyl groups excluding tert-OH is 1. The van der Waals surface area contributed by atoms with Crippen molar-refractivity contribution in [3.63, 3.8) is 0 Å². The molecule has 8 heteroatoms. The SMILES string of the molecule is C[C@@H]1CN([C@H](C)CO)C(=O)c2cc(/C=C/c3ccccc3)cnc2O[C@@H]1CN(C)Cc1ccc2c(c1)OCO2. The molecular weight excluding hydrogens is 494 g/mol. The van der Waals surface area contributed by atoms with Gasteiger partial charge in [-0.3, -0.25) is 9.69 Å². The summed E-state index contributed by atoms with van der Waals surface area (Å²) in [6, 6.07) is 17.4. The molecule has 0 unspecified atom stereocenters. The third-order valence-corrected chi connectivity index (χ3v) is 7.19. The average Bonchev–Trinajstić information content (AvgIpc) is 3.42. The number of carbonyl (C=O) groups is 1. The monoisotopic (exact) mass is 529 g/mol. The number of fused-ring (bicyclic) bond motifs is 2. The summed E-state index contributed by atoms with van der Waals surface area (Å²) >= 11 is 0. The Hall–Kier alpha value is -3.88. The lowest BCUT2D eigenvalue weighted by atomic mass is 9.99. The molecule has 0 saturated heterocycles. The maximum atomic E-state index is 13.7. The standard InChI is InChI=1S/C31H35N3O5/c1-21-16-34(22(2)19-35)31(36)26-13-24(10-9-23-7-5-4-6-8-23)15-32-30(26)39-29(21)18-33(3)17-25-11-12-27-28(14-25)38-20-37-27/h4-15,21-22,29,35H,16-20H2,1-3H3/b10-9+/t21-,22-,29-/m1/s1. The Kier molecular flexibility index (Phi) is 8.14. The number of likely N-dealkylation sites (N-methyl/N-ethyl adjacent to an activating group) is 1. The van der Waals surface area contributed by atoms with Crippen LogP contribution < -0.4 is 14.2 Å². The summed E-state index contributed by atoms with van der Waals surface area (Å²) < 4.78 is 17.4. The van der Waals surface area contributed by atoms with Crippen molar-refractivity contribution in [2.75, 3.05) is 33.5 Å². The van der Waals surface area contributed by atoms with Gasteiger partial charge in [0.1, 0.15) is 11.7 Å². The topological polar surface area (TPSA) is 84.4 Å². The molecule has 0 radical (unpaired) electrons. The summed E-state index contributed by atoms with van der Waals surface area (Å²) in [5.74, 6) is 1.67. The quantitative estimate of drug-likeness (QED) is 0.465. The molecule has 1 N–H and O–H groups in total. The van der Waals surface area contributed by atoms with Gasteiger partial charge in [-0.1, -0.05) is 55.5 Å². The van der Waals surface area contributed by atoms with Gasteiger partial charge >= 0.3 is 0 Å². The van der Waals surface area contributed by atoms with Gasteiger partial charge in [-0.05, 0) is 48.9 Å². The molecule has 0 saturated carbocycles. The van der Waals surface area contributed by atoms with Crippen molar-refractivity contribution in [1.29, 1.82) is 0 Å². The minimum Gasteiger partial charge on any atom is -0.472 e. The second-order valence-electron chi connectivity index (χ2n) is 10.4. The lowest BCUT2D eigenvalue weighted by Gasteiger charge is -2.37. The molecule has 1 amide bonds. The molecule has 2 aromatic carbocycles. The van der Waals surface area contributed by atoms with E-state index in [-0.39, 0.29) is 37.4 Å². The number of pyridine rings is 1. The van der Waals surface area contributed by atoms with Crippen LogP contribution in [0.15, 0.2) is 60.8 Å². The van der Waals surface area contributed by atoms with Gasteiger partial charge in [0.2, 0.25) is 12.7 Å². The van der Waals surface area contributed by atoms with Crippen molar-refractivity contribution < 1.29 is 24.1 Å². The van der Waals surface area contributed by atoms with Crippen LogP contribution in [-0.2, 0) is 6.54 Å². The van der Waals surface area contributed by atoms with Crippen molar-refractivity contribution in [1.82, 2.24) is 14.8 Å². The van der Waals surface area contributed by atoms with Crippen LogP contribution in [0.1, 0.15) is 40.9 Å². The number of hydrogen-bond acceptors (Lipinski definition) is 7. The summed E-state index contributed by atoms with van der Waals surface area (Å²) in [5.41, 5.74) is 3.37. The first kappa shape index (κ1) is 26.7. The first-order valence-corrected chi connectivity index (χ1v) is 13.3. The number of carbonyl (C=O) groups excluding carboxylic acids is 1. The molecule has 39 heavy (non-hydrogen) atoms. The van der Waals surface area contributed by atoms with Crippen molar-refractivity contribution in [2.45, 2.75) is 32.5 Å². The molecule has 0 spiro atoms. The van der Waals surface area contributed by atoms with E-state index in [9.17, 15) is 9.90 Å². The lowest BCUT2D eigenvalue weighted by molar-refractivity contribution is 0.0325. The van der Waals surface area contributed by atoms with Crippen molar-refractivity contribution in [3.05, 3.63) is 83.0 Å². The van der Waals surface area contributed by atoms with Crippen LogP contribution in [0.25, 0.3) is 12.2 Å². The van der Waals surface area contributed by atoms with E-state index in [1.54, 1.807) is 11.1 Å². The highest BCUT2D eigenvalue weighted by Gasteiger charge is 2.34. The Morgan fingerprint density at radius 3 is 2.67 bits per heavy atom. The Morgan fingerprint density at radius 1 is 1.10 bits per heavy atom. The normalized spacial score (nSPS) is 19.5. The summed E-state index contributed by atoms with van der Waals surface area (Å²) in [7, 11) is 2.05. The number of nitrogens with zero attached hydrogens (tertiary/aromatic N) is 3. The van der Waals surface area contributed by atoms with Crippen LogP contribution >= 0.6 is 0 Å². The molecule has 3 atom stereocenters. The summed E-state index contributed by atoms with van der Waals surface area (Å²) in [6.45, 7) is 5.85. The maximum Gasteiger partial charge on any atom is 0.259 e. The number of hydrogen-bond donors (Lipinski definition) is 1. The Labute approximate surface area is 229 Å². The van der Waals surface area contributed by atoms with E-state index >= 15 is 0 Å². The predicted molar refractivity (Wildman–Crippen MR) is 150 cm³/mol. The molecular formula is C31H35N3O5. The fourth-order valence-electron chi connectivity index (χ4n) is 4.91. The molecule has 204 valence electrons. The number of aromatic nitrogens is 1. The van der Waals surface area contributed by atoms with Crippen LogP contribution in [0.4, 0.5) is 0 Å². The third-order valence-electron chi connectivity index (χ3n) is 7.19. The van der Waals surface area contributed by atoms with E-state index in [0.29, 0.717) is 31.1 Å². The largest absolute Gasteiger partial charge is 0.472 e. The molecule has 5 rings (SSSR count). The number of amides is 1. The first-order valence-electron chi connectivity index (χ1n) is 13.3. The molecule has 0 fully saturated rings. The van der Waals surface area contributed by atoms with Gasteiger partial charge in [-0.15, -0.1) is 0 Å². The Morgan fingerprint density at radius 2 is 1.87 bits per heavy atom. The second-order valence-corrected chi connectivity index (χ2v) is 10.4. The van der Waals surface area contributed by atoms with Crippen molar-refractivity contribution >= 4 is 18.1 Å². The van der Waals surface area contributed by atoms with E-state index in [4.69, 9.17) is 14.2 Å². The molecule has 0 bridgehead atoms. The van der Waals surface area contributed by atoms with Crippen LogP contribution in [-0.4, -0.2) is 71.5 Å².